The molecular weight excluding hydrogens is 254 g/mol. The molecule has 5 nitrogen and oxygen atoms in total. The Bertz CT molecular complexity index is 500. The molecule has 3 rings (SSSR count). The average molecular weight is 275 g/mol. The Morgan fingerprint density at radius 3 is 3.10 bits per heavy atom. The van der Waals surface area contributed by atoms with E-state index in [2.05, 4.69) is 15.6 Å². The molecule has 1 saturated carbocycles. The predicted octanol–water partition coefficient (Wildman–Crippen LogP) is 1.95. The number of hydrogen-bond donors (Lipinski definition) is 2. The van der Waals surface area contributed by atoms with Crippen molar-refractivity contribution in [3.8, 4) is 0 Å². The van der Waals surface area contributed by atoms with Crippen molar-refractivity contribution in [2.24, 2.45) is 0 Å². The third kappa shape index (κ3) is 2.50. The Hall–Kier alpha value is -1.62. The molecule has 1 aliphatic heterocycles. The van der Waals surface area contributed by atoms with E-state index in [9.17, 15) is 4.79 Å². The monoisotopic (exact) mass is 275 g/mol. The summed E-state index contributed by atoms with van der Waals surface area (Å²) in [5.41, 5.74) is 0.840. The molecule has 0 amide bonds. The Labute approximate surface area is 119 Å². The van der Waals surface area contributed by atoms with Crippen LogP contribution in [0.4, 0.5) is 5.82 Å². The van der Waals surface area contributed by atoms with E-state index in [4.69, 9.17) is 4.74 Å². The molecule has 2 heterocycles. The van der Waals surface area contributed by atoms with Gasteiger partial charge in [-0.05, 0) is 50.8 Å². The minimum Gasteiger partial charge on any atom is -0.465 e. The summed E-state index contributed by atoms with van der Waals surface area (Å²) in [5.74, 6) is 0.300. The molecule has 2 fully saturated rings. The zero-order valence-electron chi connectivity index (χ0n) is 11.8. The number of rotatable bonds is 3. The molecule has 0 aromatic carbocycles. The maximum absolute atomic E-state index is 11.8. The van der Waals surface area contributed by atoms with Gasteiger partial charge in [0, 0.05) is 17.8 Å². The molecule has 2 aliphatic rings. The summed E-state index contributed by atoms with van der Waals surface area (Å²) in [6, 6.07) is 3.88. The first-order valence-electron chi connectivity index (χ1n) is 7.27. The SMILES string of the molecule is COC(=O)c1cccnc1NC1CCNC2(CCC2)C1. The van der Waals surface area contributed by atoms with E-state index >= 15 is 0 Å². The lowest BCUT2D eigenvalue weighted by atomic mass is 9.70. The van der Waals surface area contributed by atoms with Crippen molar-refractivity contribution in [3.05, 3.63) is 23.9 Å². The van der Waals surface area contributed by atoms with Crippen LogP contribution in [-0.4, -0.2) is 36.2 Å². The Balaban J connectivity index is 1.72. The molecule has 2 N–H and O–H groups in total. The average Bonchev–Trinajstić information content (AvgIpc) is 2.46. The minimum absolute atomic E-state index is 0.329. The molecule has 1 atom stereocenters. The Morgan fingerprint density at radius 1 is 1.55 bits per heavy atom. The largest absolute Gasteiger partial charge is 0.465 e. The van der Waals surface area contributed by atoms with Gasteiger partial charge < -0.3 is 15.4 Å². The topological polar surface area (TPSA) is 63.2 Å². The number of hydrogen-bond acceptors (Lipinski definition) is 5. The molecule has 1 saturated heterocycles. The third-order valence-corrected chi connectivity index (χ3v) is 4.49. The zero-order chi connectivity index (χ0) is 14.0. The maximum Gasteiger partial charge on any atom is 0.341 e. The highest BCUT2D eigenvalue weighted by Gasteiger charge is 2.41. The summed E-state index contributed by atoms with van der Waals surface area (Å²) in [4.78, 5) is 16.1. The second-order valence-corrected chi connectivity index (χ2v) is 5.79. The van der Waals surface area contributed by atoms with Crippen molar-refractivity contribution in [3.63, 3.8) is 0 Å². The van der Waals surface area contributed by atoms with Gasteiger partial charge in [0.15, 0.2) is 0 Å². The number of nitrogens with one attached hydrogen (secondary N) is 2. The number of nitrogens with zero attached hydrogens (tertiary/aromatic N) is 1. The maximum atomic E-state index is 11.8. The molecule has 108 valence electrons. The van der Waals surface area contributed by atoms with Crippen LogP contribution < -0.4 is 10.6 Å². The quantitative estimate of drug-likeness (QED) is 0.826. The lowest BCUT2D eigenvalue weighted by molar-refractivity contribution is 0.0601. The highest BCUT2D eigenvalue weighted by Crippen LogP contribution is 2.39. The third-order valence-electron chi connectivity index (χ3n) is 4.49. The number of methoxy groups -OCH3 is 1. The number of ether oxygens (including phenoxy) is 1. The first-order chi connectivity index (χ1) is 9.72. The van der Waals surface area contributed by atoms with Gasteiger partial charge in [-0.1, -0.05) is 0 Å². The fraction of sp³-hybridized carbons (Fsp3) is 0.600. The van der Waals surface area contributed by atoms with Crippen molar-refractivity contribution in [2.75, 3.05) is 19.0 Å². The molecule has 5 heteroatoms. The molecule has 1 unspecified atom stereocenters. The van der Waals surface area contributed by atoms with Gasteiger partial charge in [0.25, 0.3) is 0 Å². The number of aromatic nitrogens is 1. The van der Waals surface area contributed by atoms with Crippen molar-refractivity contribution < 1.29 is 9.53 Å². The molecule has 1 aromatic heterocycles. The van der Waals surface area contributed by atoms with E-state index in [-0.39, 0.29) is 5.97 Å². The van der Waals surface area contributed by atoms with Crippen LogP contribution in [0.5, 0.6) is 0 Å². The van der Waals surface area contributed by atoms with Gasteiger partial charge in [0.2, 0.25) is 0 Å². The van der Waals surface area contributed by atoms with Gasteiger partial charge in [0.05, 0.1) is 7.11 Å². The first-order valence-corrected chi connectivity index (χ1v) is 7.27. The fourth-order valence-corrected chi connectivity index (χ4v) is 3.25. The number of esters is 1. The van der Waals surface area contributed by atoms with Gasteiger partial charge in [-0.3, -0.25) is 0 Å². The Kier molecular flexibility index (Phi) is 3.61. The van der Waals surface area contributed by atoms with E-state index in [0.717, 1.165) is 19.4 Å². The second kappa shape index (κ2) is 5.40. The molecule has 0 bridgehead atoms. The van der Waals surface area contributed by atoms with Crippen molar-refractivity contribution >= 4 is 11.8 Å². The Morgan fingerprint density at radius 2 is 2.40 bits per heavy atom. The normalized spacial score (nSPS) is 23.9. The van der Waals surface area contributed by atoms with Crippen LogP contribution in [0.15, 0.2) is 18.3 Å². The second-order valence-electron chi connectivity index (χ2n) is 5.79. The zero-order valence-corrected chi connectivity index (χ0v) is 11.8. The van der Waals surface area contributed by atoms with E-state index in [1.54, 1.807) is 18.3 Å². The van der Waals surface area contributed by atoms with E-state index in [0.29, 0.717) is 23.0 Å². The molecular formula is C15H21N3O2. The van der Waals surface area contributed by atoms with Crippen molar-refractivity contribution in [1.29, 1.82) is 0 Å². The van der Waals surface area contributed by atoms with Crippen LogP contribution in [0.1, 0.15) is 42.5 Å². The van der Waals surface area contributed by atoms with Crippen LogP contribution in [0.2, 0.25) is 0 Å². The van der Waals surface area contributed by atoms with Crippen molar-refractivity contribution in [1.82, 2.24) is 10.3 Å². The molecule has 0 radical (unpaired) electrons. The molecule has 1 aromatic rings. The number of carbonyl (C=O) groups excluding carboxylic acids is 1. The lowest BCUT2D eigenvalue weighted by Crippen LogP contribution is -2.58. The summed E-state index contributed by atoms with van der Waals surface area (Å²) in [6.45, 7) is 1.03. The number of pyridine rings is 1. The van der Waals surface area contributed by atoms with Crippen LogP contribution in [0.25, 0.3) is 0 Å². The van der Waals surface area contributed by atoms with Crippen LogP contribution in [0.3, 0.4) is 0 Å². The number of carbonyl (C=O) groups is 1. The van der Waals surface area contributed by atoms with E-state index in [1.807, 2.05) is 0 Å². The summed E-state index contributed by atoms with van der Waals surface area (Å²) >= 11 is 0. The van der Waals surface area contributed by atoms with Crippen LogP contribution >= 0.6 is 0 Å². The van der Waals surface area contributed by atoms with Gasteiger partial charge in [-0.2, -0.15) is 0 Å². The molecule has 1 spiro atoms. The standard InChI is InChI=1S/C15H21N3O2/c1-20-14(19)12-4-2-8-16-13(12)18-11-5-9-17-15(10-11)6-3-7-15/h2,4,8,11,17H,3,5-7,9-10H2,1H3,(H,16,18). The fourth-order valence-electron chi connectivity index (χ4n) is 3.25. The van der Waals surface area contributed by atoms with E-state index in [1.165, 1.54) is 26.4 Å². The van der Waals surface area contributed by atoms with Crippen molar-refractivity contribution in [2.45, 2.75) is 43.7 Å². The summed E-state index contributed by atoms with van der Waals surface area (Å²) in [6.07, 6.45) is 7.70. The minimum atomic E-state index is -0.340. The smallest absolute Gasteiger partial charge is 0.341 e. The van der Waals surface area contributed by atoms with Gasteiger partial charge >= 0.3 is 5.97 Å². The summed E-state index contributed by atoms with van der Waals surface area (Å²) < 4.78 is 4.81. The lowest BCUT2D eigenvalue weighted by Gasteiger charge is -2.48. The van der Waals surface area contributed by atoms with Gasteiger partial charge in [-0.25, -0.2) is 9.78 Å². The van der Waals surface area contributed by atoms with Gasteiger partial charge in [0.1, 0.15) is 11.4 Å². The highest BCUT2D eigenvalue weighted by atomic mass is 16.5. The van der Waals surface area contributed by atoms with Crippen LogP contribution in [-0.2, 0) is 4.74 Å². The molecule has 20 heavy (non-hydrogen) atoms. The number of anilines is 1. The first kappa shape index (κ1) is 13.4. The van der Waals surface area contributed by atoms with E-state index < -0.39 is 0 Å². The summed E-state index contributed by atoms with van der Waals surface area (Å²) in [7, 11) is 1.40. The van der Waals surface area contributed by atoms with Crippen LogP contribution in [0, 0.1) is 0 Å². The highest BCUT2D eigenvalue weighted by molar-refractivity contribution is 5.94. The molecule has 1 aliphatic carbocycles. The summed E-state index contributed by atoms with van der Waals surface area (Å²) in [5, 5.41) is 7.08. The number of piperidine rings is 1. The van der Waals surface area contributed by atoms with Gasteiger partial charge in [-0.15, -0.1) is 0 Å². The predicted molar refractivity (Wildman–Crippen MR) is 76.8 cm³/mol.